The van der Waals surface area contributed by atoms with E-state index in [0.717, 1.165) is 55.9 Å². The number of aromatic nitrogens is 2. The Labute approximate surface area is 167 Å². The van der Waals surface area contributed by atoms with Crippen LogP contribution >= 0.6 is 0 Å². The second kappa shape index (κ2) is 8.52. The normalized spacial score (nSPS) is 26.5. The van der Waals surface area contributed by atoms with Crippen molar-refractivity contribution in [1.82, 2.24) is 20.2 Å². The summed E-state index contributed by atoms with van der Waals surface area (Å²) < 4.78 is 0. The lowest BCUT2D eigenvalue weighted by Crippen LogP contribution is -2.52. The highest BCUT2D eigenvalue weighted by Gasteiger charge is 2.31. The van der Waals surface area contributed by atoms with Crippen LogP contribution in [0.5, 0.6) is 0 Å². The number of H-pyrrole nitrogens is 1. The van der Waals surface area contributed by atoms with Crippen LogP contribution in [0, 0.1) is 0 Å². The molecule has 2 fully saturated rings. The molecule has 2 aliphatic heterocycles. The van der Waals surface area contributed by atoms with Gasteiger partial charge in [0.1, 0.15) is 6.04 Å². The summed E-state index contributed by atoms with van der Waals surface area (Å²) in [6.07, 6.45) is 6.93. The molecule has 2 saturated heterocycles. The Hall–Kier alpha value is -2.08. The largest absolute Gasteiger partial charge is 0.353 e. The number of benzene rings is 1. The molecule has 3 atom stereocenters. The van der Waals surface area contributed by atoms with Crippen molar-refractivity contribution in [3.63, 3.8) is 0 Å². The van der Waals surface area contributed by atoms with Crippen LogP contribution in [0.1, 0.15) is 52.4 Å². The molecule has 1 amide bonds. The first-order valence-electron chi connectivity index (χ1n) is 10.9. The van der Waals surface area contributed by atoms with E-state index in [1.807, 2.05) is 24.3 Å². The molecule has 0 spiro atoms. The van der Waals surface area contributed by atoms with Crippen LogP contribution in [-0.4, -0.2) is 58.5 Å². The van der Waals surface area contributed by atoms with Gasteiger partial charge in [-0.2, -0.15) is 0 Å². The molecule has 2 aromatic rings. The number of carbonyl (C=O) groups is 1. The highest BCUT2D eigenvalue weighted by Crippen LogP contribution is 2.25. The van der Waals surface area contributed by atoms with Crippen LogP contribution in [0.4, 0.5) is 5.95 Å². The number of anilines is 1. The number of carbonyl (C=O) groups excluding carboxylic acids is 1. The molecule has 3 heterocycles. The van der Waals surface area contributed by atoms with E-state index in [2.05, 4.69) is 33.9 Å². The number of likely N-dealkylation sites (tertiary alicyclic amines) is 1. The van der Waals surface area contributed by atoms with Gasteiger partial charge in [0.15, 0.2) is 0 Å². The minimum Gasteiger partial charge on any atom is -0.353 e. The third-order valence-corrected chi connectivity index (χ3v) is 6.50. The molecule has 4 rings (SSSR count). The van der Waals surface area contributed by atoms with Crippen LogP contribution in [0.2, 0.25) is 0 Å². The number of hydrogen-bond donors (Lipinski definition) is 2. The van der Waals surface area contributed by atoms with E-state index in [1.54, 1.807) is 0 Å². The first kappa shape index (κ1) is 19.2. The molecule has 152 valence electrons. The maximum atomic E-state index is 13.0. The lowest BCUT2D eigenvalue weighted by Gasteiger charge is -2.39. The van der Waals surface area contributed by atoms with E-state index < -0.39 is 0 Å². The molecule has 1 aromatic heterocycles. The molecule has 2 aliphatic rings. The molecular formula is C22H33N5O. The summed E-state index contributed by atoms with van der Waals surface area (Å²) in [6.45, 7) is 7.14. The fourth-order valence-electron chi connectivity index (χ4n) is 4.87. The second-order valence-corrected chi connectivity index (χ2v) is 8.44. The molecule has 0 saturated carbocycles. The van der Waals surface area contributed by atoms with Gasteiger partial charge in [-0.3, -0.25) is 9.69 Å². The predicted molar refractivity (Wildman–Crippen MR) is 114 cm³/mol. The summed E-state index contributed by atoms with van der Waals surface area (Å²) in [5.41, 5.74) is 1.98. The summed E-state index contributed by atoms with van der Waals surface area (Å²) in [5, 5.41) is 3.21. The van der Waals surface area contributed by atoms with Gasteiger partial charge in [-0.15, -0.1) is 0 Å². The Bertz CT molecular complexity index is 760. The van der Waals surface area contributed by atoms with Crippen LogP contribution in [0.15, 0.2) is 24.3 Å². The average Bonchev–Trinajstić information content (AvgIpc) is 3.14. The summed E-state index contributed by atoms with van der Waals surface area (Å²) in [7, 11) is 0. The number of nitrogens with one attached hydrogen (secondary N) is 2. The van der Waals surface area contributed by atoms with Crippen LogP contribution in [0.3, 0.4) is 0 Å². The van der Waals surface area contributed by atoms with Crippen molar-refractivity contribution in [2.45, 2.75) is 70.5 Å². The predicted octanol–water partition coefficient (Wildman–Crippen LogP) is 3.30. The van der Waals surface area contributed by atoms with E-state index in [4.69, 9.17) is 4.98 Å². The number of aromatic amines is 1. The summed E-state index contributed by atoms with van der Waals surface area (Å²) >= 11 is 0. The minimum atomic E-state index is -0.134. The fourth-order valence-corrected chi connectivity index (χ4v) is 4.87. The zero-order chi connectivity index (χ0) is 19.5. The first-order valence-corrected chi connectivity index (χ1v) is 10.9. The van der Waals surface area contributed by atoms with Gasteiger partial charge < -0.3 is 15.2 Å². The number of piperidine rings is 2. The molecule has 28 heavy (non-hydrogen) atoms. The molecule has 0 bridgehead atoms. The highest BCUT2D eigenvalue weighted by atomic mass is 16.2. The quantitative estimate of drug-likeness (QED) is 0.831. The van der Waals surface area contributed by atoms with Crippen molar-refractivity contribution in [2.75, 3.05) is 24.5 Å². The van der Waals surface area contributed by atoms with Crippen molar-refractivity contribution in [3.05, 3.63) is 24.3 Å². The highest BCUT2D eigenvalue weighted by molar-refractivity contribution is 5.86. The van der Waals surface area contributed by atoms with Crippen molar-refractivity contribution < 1.29 is 4.79 Å². The van der Waals surface area contributed by atoms with Gasteiger partial charge in [-0.1, -0.05) is 18.6 Å². The molecule has 0 aliphatic carbocycles. The van der Waals surface area contributed by atoms with Crippen molar-refractivity contribution in [3.8, 4) is 0 Å². The number of rotatable bonds is 5. The van der Waals surface area contributed by atoms with E-state index in [-0.39, 0.29) is 11.9 Å². The third kappa shape index (κ3) is 4.02. The van der Waals surface area contributed by atoms with Gasteiger partial charge in [0.25, 0.3) is 0 Å². The monoisotopic (exact) mass is 383 g/mol. The van der Waals surface area contributed by atoms with Crippen LogP contribution in [0.25, 0.3) is 11.0 Å². The number of imidazole rings is 1. The maximum Gasteiger partial charge on any atom is 0.242 e. The van der Waals surface area contributed by atoms with Gasteiger partial charge in [-0.05, 0) is 58.1 Å². The fraction of sp³-hybridized carbons (Fsp3) is 0.636. The topological polar surface area (TPSA) is 64.3 Å². The third-order valence-electron chi connectivity index (χ3n) is 6.50. The SMILES string of the molecule is C[C@@H]1CCC[C@H](C)N1CCNC(=O)[C@@H]1CCCCN1c1nc2ccccc2[nH]1. The van der Waals surface area contributed by atoms with Crippen molar-refractivity contribution in [1.29, 1.82) is 0 Å². The maximum absolute atomic E-state index is 13.0. The van der Waals surface area contributed by atoms with Crippen LogP contribution < -0.4 is 10.2 Å². The molecule has 0 radical (unpaired) electrons. The lowest BCUT2D eigenvalue weighted by molar-refractivity contribution is -0.123. The average molecular weight is 384 g/mol. The molecule has 2 N–H and O–H groups in total. The molecule has 6 nitrogen and oxygen atoms in total. The van der Waals surface area contributed by atoms with Gasteiger partial charge in [0.05, 0.1) is 11.0 Å². The first-order chi connectivity index (χ1) is 13.6. The Morgan fingerprint density at radius 1 is 1.14 bits per heavy atom. The van der Waals surface area contributed by atoms with Gasteiger partial charge >= 0.3 is 0 Å². The number of fused-ring (bicyclic) bond motifs is 1. The summed E-state index contributed by atoms with van der Waals surface area (Å²) in [5.74, 6) is 0.955. The molecule has 6 heteroatoms. The number of hydrogen-bond acceptors (Lipinski definition) is 4. The summed E-state index contributed by atoms with van der Waals surface area (Å²) in [4.78, 5) is 25.8. The van der Waals surface area contributed by atoms with E-state index in [0.29, 0.717) is 12.1 Å². The molecule has 0 unspecified atom stereocenters. The zero-order valence-corrected chi connectivity index (χ0v) is 17.2. The Morgan fingerprint density at radius 3 is 2.71 bits per heavy atom. The number of nitrogens with zero attached hydrogens (tertiary/aromatic N) is 3. The van der Waals surface area contributed by atoms with Crippen molar-refractivity contribution in [2.24, 2.45) is 0 Å². The lowest BCUT2D eigenvalue weighted by atomic mass is 9.97. The van der Waals surface area contributed by atoms with Gasteiger partial charge in [0, 0.05) is 31.7 Å². The summed E-state index contributed by atoms with van der Waals surface area (Å²) in [6, 6.07) is 9.14. The number of para-hydroxylation sites is 2. The van der Waals surface area contributed by atoms with Gasteiger partial charge in [0.2, 0.25) is 11.9 Å². The van der Waals surface area contributed by atoms with E-state index in [1.165, 1.54) is 19.3 Å². The van der Waals surface area contributed by atoms with Crippen LogP contribution in [-0.2, 0) is 4.79 Å². The van der Waals surface area contributed by atoms with Gasteiger partial charge in [-0.25, -0.2) is 4.98 Å². The van der Waals surface area contributed by atoms with Crippen molar-refractivity contribution >= 4 is 22.9 Å². The smallest absolute Gasteiger partial charge is 0.242 e. The second-order valence-electron chi connectivity index (χ2n) is 8.44. The zero-order valence-electron chi connectivity index (χ0n) is 17.2. The molecular weight excluding hydrogens is 350 g/mol. The number of amides is 1. The minimum absolute atomic E-state index is 0.134. The Kier molecular flexibility index (Phi) is 5.85. The Morgan fingerprint density at radius 2 is 1.93 bits per heavy atom. The Balaban J connectivity index is 1.39. The van der Waals surface area contributed by atoms with E-state index in [9.17, 15) is 4.79 Å². The van der Waals surface area contributed by atoms with E-state index >= 15 is 0 Å². The molecule has 1 aromatic carbocycles. The standard InChI is InChI=1S/C22H33N5O/c1-16-8-7-9-17(2)26(16)15-13-23-21(28)20-12-5-6-14-27(20)22-24-18-10-3-4-11-19(18)25-22/h3-4,10-11,16-17,20H,5-9,12-15H2,1-2H3,(H,23,28)(H,24,25)/t16-,17+,20-/m0/s1.